The van der Waals surface area contributed by atoms with Crippen LogP contribution in [0.15, 0.2) is 18.2 Å². The molecule has 2 rings (SSSR count). The van der Waals surface area contributed by atoms with Crippen LogP contribution in [0.4, 0.5) is 0 Å². The summed E-state index contributed by atoms with van der Waals surface area (Å²) < 4.78 is 0. The molecule has 1 aromatic carbocycles. The maximum absolute atomic E-state index is 12.7. The SMILES string of the molecule is CCN(C(=O)c1ccc(C)c(Cl)c1)C1CCC(N)CC1. The average molecular weight is 295 g/mol. The summed E-state index contributed by atoms with van der Waals surface area (Å²) >= 11 is 6.12. The van der Waals surface area contributed by atoms with Crippen molar-refractivity contribution in [3.05, 3.63) is 34.3 Å². The molecule has 0 spiro atoms. The van der Waals surface area contributed by atoms with Crippen molar-refractivity contribution in [3.63, 3.8) is 0 Å². The van der Waals surface area contributed by atoms with Crippen LogP contribution in [0, 0.1) is 6.92 Å². The highest BCUT2D eigenvalue weighted by Gasteiger charge is 2.27. The van der Waals surface area contributed by atoms with Crippen molar-refractivity contribution in [3.8, 4) is 0 Å². The van der Waals surface area contributed by atoms with Gasteiger partial charge in [0.2, 0.25) is 0 Å². The zero-order valence-corrected chi connectivity index (χ0v) is 13.0. The van der Waals surface area contributed by atoms with Crippen LogP contribution < -0.4 is 5.73 Å². The third-order valence-corrected chi connectivity index (χ3v) is 4.61. The number of nitrogens with zero attached hydrogens (tertiary/aromatic N) is 1. The van der Waals surface area contributed by atoms with Crippen LogP contribution in [0.2, 0.25) is 5.02 Å². The molecule has 0 radical (unpaired) electrons. The maximum Gasteiger partial charge on any atom is 0.254 e. The molecular weight excluding hydrogens is 272 g/mol. The first-order valence-electron chi connectivity index (χ1n) is 7.35. The molecule has 0 bridgehead atoms. The number of halogens is 1. The van der Waals surface area contributed by atoms with E-state index in [1.54, 1.807) is 6.07 Å². The van der Waals surface area contributed by atoms with Crippen LogP contribution in [-0.4, -0.2) is 29.4 Å². The lowest BCUT2D eigenvalue weighted by Gasteiger charge is -2.35. The Labute approximate surface area is 126 Å². The molecule has 2 N–H and O–H groups in total. The first kappa shape index (κ1) is 15.3. The van der Waals surface area contributed by atoms with Gasteiger partial charge in [-0.25, -0.2) is 0 Å². The summed E-state index contributed by atoms with van der Waals surface area (Å²) in [5, 5.41) is 0.651. The van der Waals surface area contributed by atoms with Gasteiger partial charge in [0.1, 0.15) is 0 Å². The van der Waals surface area contributed by atoms with Crippen LogP contribution in [0.1, 0.15) is 48.5 Å². The third-order valence-electron chi connectivity index (χ3n) is 4.20. The highest BCUT2D eigenvalue weighted by molar-refractivity contribution is 6.31. The number of aryl methyl sites for hydroxylation is 1. The predicted octanol–water partition coefficient (Wildman–Crippen LogP) is 3.38. The minimum Gasteiger partial charge on any atom is -0.336 e. The Morgan fingerprint density at radius 3 is 2.55 bits per heavy atom. The van der Waals surface area contributed by atoms with Gasteiger partial charge >= 0.3 is 0 Å². The highest BCUT2D eigenvalue weighted by atomic mass is 35.5. The lowest BCUT2D eigenvalue weighted by molar-refractivity contribution is 0.0640. The fourth-order valence-corrected chi connectivity index (χ4v) is 3.05. The number of hydrogen-bond donors (Lipinski definition) is 1. The van der Waals surface area contributed by atoms with E-state index in [4.69, 9.17) is 17.3 Å². The van der Waals surface area contributed by atoms with Crippen molar-refractivity contribution in [1.29, 1.82) is 0 Å². The van der Waals surface area contributed by atoms with Gasteiger partial charge in [0.15, 0.2) is 0 Å². The van der Waals surface area contributed by atoms with Gasteiger partial charge in [-0.15, -0.1) is 0 Å². The van der Waals surface area contributed by atoms with Gasteiger partial charge in [0.25, 0.3) is 5.91 Å². The monoisotopic (exact) mass is 294 g/mol. The summed E-state index contributed by atoms with van der Waals surface area (Å²) in [6, 6.07) is 6.15. The molecule has 0 saturated heterocycles. The van der Waals surface area contributed by atoms with Gasteiger partial charge in [-0.3, -0.25) is 4.79 Å². The number of carbonyl (C=O) groups is 1. The number of carbonyl (C=O) groups excluding carboxylic acids is 1. The Morgan fingerprint density at radius 2 is 2.00 bits per heavy atom. The molecule has 3 nitrogen and oxygen atoms in total. The molecule has 4 heteroatoms. The number of benzene rings is 1. The zero-order valence-electron chi connectivity index (χ0n) is 12.2. The normalized spacial score (nSPS) is 22.6. The van der Waals surface area contributed by atoms with E-state index in [0.29, 0.717) is 22.7 Å². The zero-order chi connectivity index (χ0) is 14.7. The second-order valence-corrected chi connectivity index (χ2v) is 6.03. The van der Waals surface area contributed by atoms with E-state index in [2.05, 4.69) is 0 Å². The van der Waals surface area contributed by atoms with Crippen molar-refractivity contribution < 1.29 is 4.79 Å². The molecule has 0 aliphatic heterocycles. The van der Waals surface area contributed by atoms with Gasteiger partial charge in [-0.2, -0.15) is 0 Å². The first-order valence-corrected chi connectivity index (χ1v) is 7.73. The van der Waals surface area contributed by atoms with E-state index in [1.807, 2.05) is 30.9 Å². The number of amides is 1. The smallest absolute Gasteiger partial charge is 0.254 e. The van der Waals surface area contributed by atoms with Gasteiger partial charge in [-0.05, 0) is 57.2 Å². The molecule has 1 amide bonds. The van der Waals surface area contributed by atoms with Crippen LogP contribution in [0.3, 0.4) is 0 Å². The summed E-state index contributed by atoms with van der Waals surface area (Å²) in [7, 11) is 0. The van der Waals surface area contributed by atoms with Gasteiger partial charge < -0.3 is 10.6 Å². The molecule has 1 aliphatic carbocycles. The van der Waals surface area contributed by atoms with E-state index in [-0.39, 0.29) is 5.91 Å². The van der Waals surface area contributed by atoms with E-state index >= 15 is 0 Å². The lowest BCUT2D eigenvalue weighted by atomic mass is 9.90. The van der Waals surface area contributed by atoms with Crippen molar-refractivity contribution in [1.82, 2.24) is 4.90 Å². The van der Waals surface area contributed by atoms with Crippen LogP contribution in [0.5, 0.6) is 0 Å². The number of rotatable bonds is 3. The minimum absolute atomic E-state index is 0.0786. The molecule has 0 heterocycles. The van der Waals surface area contributed by atoms with Crippen LogP contribution >= 0.6 is 11.6 Å². The van der Waals surface area contributed by atoms with E-state index in [1.165, 1.54) is 0 Å². The average Bonchev–Trinajstić information content (AvgIpc) is 2.44. The molecule has 0 atom stereocenters. The van der Waals surface area contributed by atoms with Crippen molar-refractivity contribution in [2.45, 2.75) is 51.6 Å². The van der Waals surface area contributed by atoms with Crippen molar-refractivity contribution in [2.75, 3.05) is 6.54 Å². The topological polar surface area (TPSA) is 46.3 Å². The standard InChI is InChI=1S/C16H23ClN2O/c1-3-19(14-8-6-13(18)7-9-14)16(20)12-5-4-11(2)15(17)10-12/h4-5,10,13-14H,3,6-9,18H2,1-2H3. The van der Waals surface area contributed by atoms with Gasteiger partial charge in [0, 0.05) is 29.2 Å². The van der Waals surface area contributed by atoms with E-state index in [0.717, 1.165) is 37.8 Å². The summed E-state index contributed by atoms with van der Waals surface area (Å²) in [6.07, 6.45) is 4.01. The Kier molecular flexibility index (Phi) is 5.06. The van der Waals surface area contributed by atoms with Gasteiger partial charge in [-0.1, -0.05) is 17.7 Å². The van der Waals surface area contributed by atoms with E-state index < -0.39 is 0 Å². The Bertz CT molecular complexity index is 481. The summed E-state index contributed by atoms with van der Waals surface area (Å²) in [6.45, 7) is 4.70. The molecule has 0 unspecified atom stereocenters. The fraction of sp³-hybridized carbons (Fsp3) is 0.562. The Hall–Kier alpha value is -1.06. The fourth-order valence-electron chi connectivity index (χ4n) is 2.87. The third kappa shape index (κ3) is 3.33. The van der Waals surface area contributed by atoms with Crippen LogP contribution in [0.25, 0.3) is 0 Å². The minimum atomic E-state index is 0.0786. The second kappa shape index (κ2) is 6.59. The maximum atomic E-state index is 12.7. The molecular formula is C16H23ClN2O. The second-order valence-electron chi connectivity index (χ2n) is 5.62. The summed E-state index contributed by atoms with van der Waals surface area (Å²) in [5.41, 5.74) is 7.61. The molecule has 20 heavy (non-hydrogen) atoms. The molecule has 1 fully saturated rings. The molecule has 110 valence electrons. The summed E-state index contributed by atoms with van der Waals surface area (Å²) in [5.74, 6) is 0.0786. The first-order chi connectivity index (χ1) is 9.52. The number of hydrogen-bond acceptors (Lipinski definition) is 2. The predicted molar refractivity (Wildman–Crippen MR) is 83.1 cm³/mol. The number of nitrogens with two attached hydrogens (primary N) is 1. The van der Waals surface area contributed by atoms with Crippen molar-refractivity contribution >= 4 is 17.5 Å². The molecule has 1 aliphatic rings. The molecule has 1 aromatic rings. The Morgan fingerprint density at radius 1 is 1.35 bits per heavy atom. The molecule has 1 saturated carbocycles. The van der Waals surface area contributed by atoms with Crippen molar-refractivity contribution in [2.24, 2.45) is 5.73 Å². The summed E-state index contributed by atoms with van der Waals surface area (Å²) in [4.78, 5) is 14.6. The van der Waals surface area contributed by atoms with Crippen LogP contribution in [-0.2, 0) is 0 Å². The Balaban J connectivity index is 2.14. The largest absolute Gasteiger partial charge is 0.336 e. The highest BCUT2D eigenvalue weighted by Crippen LogP contribution is 2.25. The lowest BCUT2D eigenvalue weighted by Crippen LogP contribution is -2.44. The van der Waals surface area contributed by atoms with E-state index in [9.17, 15) is 4.79 Å². The van der Waals surface area contributed by atoms with Gasteiger partial charge in [0.05, 0.1) is 0 Å². The molecule has 0 aromatic heterocycles. The quantitative estimate of drug-likeness (QED) is 0.929.